The molecule has 8 heteroatoms. The molecule has 1 aliphatic rings. The van der Waals surface area contributed by atoms with Crippen molar-refractivity contribution in [2.24, 2.45) is 11.7 Å². The largest absolute Gasteiger partial charge is 0.338 e. The molecule has 1 atom stereocenters. The van der Waals surface area contributed by atoms with Gasteiger partial charge in [0.25, 0.3) is 0 Å². The molecule has 0 saturated carbocycles. The average molecular weight is 377 g/mol. The fraction of sp³-hybridized carbons (Fsp3) is 0.684. The summed E-state index contributed by atoms with van der Waals surface area (Å²) in [6, 6.07) is 1.24. The number of hydrogen-bond acceptors (Lipinski definition) is 6. The second kappa shape index (κ2) is 10.2. The van der Waals surface area contributed by atoms with Crippen LogP contribution in [0.2, 0.25) is 0 Å². The van der Waals surface area contributed by atoms with Crippen LogP contribution in [0.3, 0.4) is 0 Å². The van der Waals surface area contributed by atoms with Gasteiger partial charge in [-0.15, -0.1) is 0 Å². The van der Waals surface area contributed by atoms with Crippen molar-refractivity contribution in [3.05, 3.63) is 18.5 Å². The summed E-state index contributed by atoms with van der Waals surface area (Å²) in [5.74, 6) is 0.876. The molecule has 0 bridgehead atoms. The number of piperazine rings is 1. The maximum absolute atomic E-state index is 12.7. The molecule has 2 N–H and O–H groups in total. The first kappa shape index (κ1) is 21.1. The summed E-state index contributed by atoms with van der Waals surface area (Å²) in [6.45, 7) is 9.30. The Bertz CT molecular complexity index is 601. The standard InChI is InChI=1S/C19H32N6O2/c1-4-8-25(18(27)16(20)13-15(2)3)14-17(26)23-9-11-24(12-10-23)19-21-6-5-7-22-19/h5-7,15-16H,4,8-14,20H2,1-3H3/t16-/m0/s1. The van der Waals surface area contributed by atoms with Gasteiger partial charge in [0.2, 0.25) is 17.8 Å². The van der Waals surface area contributed by atoms with E-state index in [1.165, 1.54) is 0 Å². The molecule has 2 heterocycles. The van der Waals surface area contributed by atoms with Gasteiger partial charge >= 0.3 is 0 Å². The normalized spacial score (nSPS) is 15.7. The molecule has 1 aromatic heterocycles. The third kappa shape index (κ3) is 6.16. The monoisotopic (exact) mass is 376 g/mol. The molecule has 27 heavy (non-hydrogen) atoms. The molecular formula is C19H32N6O2. The second-order valence-corrected chi connectivity index (χ2v) is 7.41. The van der Waals surface area contributed by atoms with E-state index in [2.05, 4.69) is 14.9 Å². The van der Waals surface area contributed by atoms with Crippen LogP contribution in [0.25, 0.3) is 0 Å². The molecule has 0 aliphatic carbocycles. The number of amides is 2. The quantitative estimate of drug-likeness (QED) is 0.719. The molecule has 0 spiro atoms. The molecule has 150 valence electrons. The minimum absolute atomic E-state index is 0.0258. The number of aromatic nitrogens is 2. The Morgan fingerprint density at radius 3 is 2.37 bits per heavy atom. The number of nitrogens with two attached hydrogens (primary N) is 1. The number of carbonyl (C=O) groups excluding carboxylic acids is 2. The Hall–Kier alpha value is -2.22. The summed E-state index contributed by atoms with van der Waals surface area (Å²) >= 11 is 0. The van der Waals surface area contributed by atoms with Gasteiger partial charge in [0.05, 0.1) is 12.6 Å². The highest BCUT2D eigenvalue weighted by atomic mass is 16.2. The minimum atomic E-state index is -0.545. The maximum atomic E-state index is 12.7. The minimum Gasteiger partial charge on any atom is -0.338 e. The van der Waals surface area contributed by atoms with E-state index in [0.717, 1.165) is 6.42 Å². The highest BCUT2D eigenvalue weighted by Crippen LogP contribution is 2.11. The lowest BCUT2D eigenvalue weighted by atomic mass is 10.0. The van der Waals surface area contributed by atoms with E-state index in [-0.39, 0.29) is 18.4 Å². The van der Waals surface area contributed by atoms with Crippen molar-refractivity contribution in [3.8, 4) is 0 Å². The van der Waals surface area contributed by atoms with E-state index < -0.39 is 6.04 Å². The zero-order valence-corrected chi connectivity index (χ0v) is 16.7. The van der Waals surface area contributed by atoms with Crippen LogP contribution in [0.5, 0.6) is 0 Å². The Balaban J connectivity index is 1.89. The highest BCUT2D eigenvalue weighted by Gasteiger charge is 2.27. The van der Waals surface area contributed by atoms with E-state index in [1.807, 2.05) is 25.7 Å². The van der Waals surface area contributed by atoms with Crippen molar-refractivity contribution in [2.45, 2.75) is 39.7 Å². The fourth-order valence-electron chi connectivity index (χ4n) is 3.25. The number of carbonyl (C=O) groups is 2. The molecule has 2 amide bonds. The van der Waals surface area contributed by atoms with Gasteiger partial charge in [-0.1, -0.05) is 20.8 Å². The SMILES string of the molecule is CCCN(CC(=O)N1CCN(c2ncccn2)CC1)C(=O)[C@@H](N)CC(C)C. The lowest BCUT2D eigenvalue weighted by Crippen LogP contribution is -2.53. The van der Waals surface area contributed by atoms with Crippen molar-refractivity contribution in [1.82, 2.24) is 19.8 Å². The topological polar surface area (TPSA) is 95.7 Å². The maximum Gasteiger partial charge on any atom is 0.242 e. The first-order chi connectivity index (χ1) is 12.9. The van der Waals surface area contributed by atoms with Crippen molar-refractivity contribution in [3.63, 3.8) is 0 Å². The van der Waals surface area contributed by atoms with Crippen LogP contribution in [0.4, 0.5) is 5.95 Å². The Morgan fingerprint density at radius 2 is 1.81 bits per heavy atom. The van der Waals surface area contributed by atoms with Gasteiger partial charge in [-0.2, -0.15) is 0 Å². The van der Waals surface area contributed by atoms with Gasteiger partial charge in [-0.05, 0) is 24.8 Å². The van der Waals surface area contributed by atoms with Crippen molar-refractivity contribution in [2.75, 3.05) is 44.2 Å². The van der Waals surface area contributed by atoms with E-state index in [4.69, 9.17) is 5.73 Å². The summed E-state index contributed by atoms with van der Waals surface area (Å²) in [4.78, 5) is 39.3. The van der Waals surface area contributed by atoms with Gasteiger partial charge in [-0.3, -0.25) is 9.59 Å². The molecule has 0 aromatic carbocycles. The molecule has 1 saturated heterocycles. The van der Waals surface area contributed by atoms with Crippen LogP contribution in [0.1, 0.15) is 33.6 Å². The number of nitrogens with zero attached hydrogens (tertiary/aromatic N) is 5. The molecule has 0 radical (unpaired) electrons. The summed E-state index contributed by atoms with van der Waals surface area (Å²) in [7, 11) is 0. The number of rotatable bonds is 8. The summed E-state index contributed by atoms with van der Waals surface area (Å²) in [6.07, 6.45) is 4.86. The van der Waals surface area contributed by atoms with Crippen LogP contribution in [-0.2, 0) is 9.59 Å². The van der Waals surface area contributed by atoms with Gasteiger partial charge in [0, 0.05) is 45.1 Å². The number of hydrogen-bond donors (Lipinski definition) is 1. The van der Waals surface area contributed by atoms with E-state index in [9.17, 15) is 9.59 Å². The molecular weight excluding hydrogens is 344 g/mol. The average Bonchev–Trinajstić information content (AvgIpc) is 2.67. The van der Waals surface area contributed by atoms with Gasteiger partial charge in [0.1, 0.15) is 0 Å². The zero-order valence-electron chi connectivity index (χ0n) is 16.7. The zero-order chi connectivity index (χ0) is 19.8. The van der Waals surface area contributed by atoms with Crippen molar-refractivity contribution < 1.29 is 9.59 Å². The molecule has 1 fully saturated rings. The van der Waals surface area contributed by atoms with E-state index in [0.29, 0.717) is 51.0 Å². The molecule has 8 nitrogen and oxygen atoms in total. The van der Waals surface area contributed by atoms with Gasteiger partial charge in [-0.25, -0.2) is 9.97 Å². The van der Waals surface area contributed by atoms with Crippen LogP contribution >= 0.6 is 0 Å². The van der Waals surface area contributed by atoms with Gasteiger partial charge < -0.3 is 20.4 Å². The summed E-state index contributed by atoms with van der Waals surface area (Å²) in [5.41, 5.74) is 6.05. The van der Waals surface area contributed by atoms with Crippen LogP contribution in [-0.4, -0.2) is 76.9 Å². The Labute approximate surface area is 161 Å². The third-order valence-corrected chi connectivity index (χ3v) is 4.64. The lowest BCUT2D eigenvalue weighted by molar-refractivity contribution is -0.141. The summed E-state index contributed by atoms with van der Waals surface area (Å²) in [5, 5.41) is 0. The Kier molecular flexibility index (Phi) is 7.97. The Morgan fingerprint density at radius 1 is 1.19 bits per heavy atom. The van der Waals surface area contributed by atoms with E-state index in [1.54, 1.807) is 23.4 Å². The first-order valence-corrected chi connectivity index (χ1v) is 9.76. The lowest BCUT2D eigenvalue weighted by Gasteiger charge is -2.36. The smallest absolute Gasteiger partial charge is 0.242 e. The highest BCUT2D eigenvalue weighted by molar-refractivity contribution is 5.87. The van der Waals surface area contributed by atoms with Crippen molar-refractivity contribution >= 4 is 17.8 Å². The molecule has 2 rings (SSSR count). The van der Waals surface area contributed by atoms with Crippen LogP contribution in [0.15, 0.2) is 18.5 Å². The van der Waals surface area contributed by atoms with Crippen LogP contribution < -0.4 is 10.6 Å². The predicted molar refractivity (Wildman–Crippen MR) is 105 cm³/mol. The third-order valence-electron chi connectivity index (χ3n) is 4.64. The second-order valence-electron chi connectivity index (χ2n) is 7.41. The molecule has 1 aliphatic heterocycles. The van der Waals surface area contributed by atoms with Crippen LogP contribution in [0, 0.1) is 5.92 Å². The first-order valence-electron chi connectivity index (χ1n) is 9.76. The fourth-order valence-corrected chi connectivity index (χ4v) is 3.25. The molecule has 1 aromatic rings. The van der Waals surface area contributed by atoms with E-state index >= 15 is 0 Å². The summed E-state index contributed by atoms with van der Waals surface area (Å²) < 4.78 is 0. The number of anilines is 1. The van der Waals surface area contributed by atoms with Gasteiger partial charge in [0.15, 0.2) is 0 Å². The predicted octanol–water partition coefficient (Wildman–Crippen LogP) is 0.737. The molecule has 0 unspecified atom stereocenters. The van der Waals surface area contributed by atoms with Crippen molar-refractivity contribution in [1.29, 1.82) is 0 Å².